The molecule has 0 aliphatic rings. The van der Waals surface area contributed by atoms with Crippen molar-refractivity contribution in [1.82, 2.24) is 0 Å². The lowest BCUT2D eigenvalue weighted by Crippen LogP contribution is -1.91. The zero-order valence-corrected chi connectivity index (χ0v) is 7.42. The number of halogens is 2. The quantitative estimate of drug-likeness (QED) is 0.740. The molecule has 0 unspecified atom stereocenters. The summed E-state index contributed by atoms with van der Waals surface area (Å²) in [5.41, 5.74) is 0.336. The number of carboxylic acid groups (broad SMARTS) is 1. The molecular formula is C10H8F2O2. The summed E-state index contributed by atoms with van der Waals surface area (Å²) in [5.74, 6) is -2.59. The molecule has 0 atom stereocenters. The SMILES string of the molecule is Cc1cc(/C=C/C(=O)O)c(F)cc1F. The third-order valence-corrected chi connectivity index (χ3v) is 1.68. The van der Waals surface area contributed by atoms with Gasteiger partial charge in [0.05, 0.1) is 0 Å². The average Bonchev–Trinajstić information content (AvgIpc) is 2.09. The molecule has 2 nitrogen and oxygen atoms in total. The van der Waals surface area contributed by atoms with Crippen molar-refractivity contribution in [2.45, 2.75) is 6.92 Å². The van der Waals surface area contributed by atoms with Crippen molar-refractivity contribution in [3.63, 3.8) is 0 Å². The Morgan fingerprint density at radius 3 is 2.57 bits per heavy atom. The fourth-order valence-corrected chi connectivity index (χ4v) is 0.968. The third-order valence-electron chi connectivity index (χ3n) is 1.68. The maximum atomic E-state index is 13.0. The first-order valence-corrected chi connectivity index (χ1v) is 3.87. The maximum absolute atomic E-state index is 13.0. The summed E-state index contributed by atoms with van der Waals surface area (Å²) in [5, 5.41) is 8.31. The zero-order chi connectivity index (χ0) is 10.7. The van der Waals surface area contributed by atoms with Crippen LogP contribution in [0, 0.1) is 18.6 Å². The molecule has 1 rings (SSSR count). The lowest BCUT2D eigenvalue weighted by molar-refractivity contribution is -0.131. The largest absolute Gasteiger partial charge is 0.478 e. The van der Waals surface area contributed by atoms with Gasteiger partial charge in [0.15, 0.2) is 0 Å². The third kappa shape index (κ3) is 2.39. The van der Waals surface area contributed by atoms with Gasteiger partial charge in [-0.1, -0.05) is 0 Å². The molecule has 1 N–H and O–H groups in total. The van der Waals surface area contributed by atoms with E-state index in [2.05, 4.69) is 0 Å². The summed E-state index contributed by atoms with van der Waals surface area (Å²) in [6.07, 6.45) is 1.89. The van der Waals surface area contributed by atoms with Crippen molar-refractivity contribution < 1.29 is 18.7 Å². The predicted molar refractivity (Wildman–Crippen MR) is 47.8 cm³/mol. The smallest absolute Gasteiger partial charge is 0.328 e. The van der Waals surface area contributed by atoms with Gasteiger partial charge in [0.1, 0.15) is 11.6 Å². The second-order valence-electron chi connectivity index (χ2n) is 2.79. The van der Waals surface area contributed by atoms with Crippen LogP contribution in [0.3, 0.4) is 0 Å². The Kier molecular flexibility index (Phi) is 2.96. The summed E-state index contributed by atoms with van der Waals surface area (Å²) in [7, 11) is 0. The molecule has 0 aliphatic carbocycles. The number of carbonyl (C=O) groups is 1. The van der Waals surface area contributed by atoms with Crippen LogP contribution < -0.4 is 0 Å². The van der Waals surface area contributed by atoms with Gasteiger partial charge in [0, 0.05) is 17.7 Å². The van der Waals surface area contributed by atoms with Crippen molar-refractivity contribution >= 4 is 12.0 Å². The van der Waals surface area contributed by atoms with Crippen molar-refractivity contribution in [3.05, 3.63) is 41.0 Å². The number of aliphatic carboxylic acids is 1. The summed E-state index contributed by atoms with van der Waals surface area (Å²) in [6.45, 7) is 1.48. The molecule has 14 heavy (non-hydrogen) atoms. The van der Waals surface area contributed by atoms with E-state index < -0.39 is 17.6 Å². The monoisotopic (exact) mass is 198 g/mol. The van der Waals surface area contributed by atoms with E-state index in [1.165, 1.54) is 13.0 Å². The molecule has 1 aromatic rings. The average molecular weight is 198 g/mol. The van der Waals surface area contributed by atoms with Gasteiger partial charge in [0.25, 0.3) is 0 Å². The van der Waals surface area contributed by atoms with E-state index >= 15 is 0 Å². The number of hydrogen-bond donors (Lipinski definition) is 1. The van der Waals surface area contributed by atoms with E-state index in [1.54, 1.807) is 0 Å². The molecule has 0 aromatic heterocycles. The topological polar surface area (TPSA) is 37.3 Å². The first-order valence-electron chi connectivity index (χ1n) is 3.87. The summed E-state index contributed by atoms with van der Waals surface area (Å²) in [4.78, 5) is 10.2. The molecule has 0 amide bonds. The van der Waals surface area contributed by atoms with Crippen molar-refractivity contribution in [2.24, 2.45) is 0 Å². The number of hydrogen-bond acceptors (Lipinski definition) is 1. The first kappa shape index (κ1) is 10.4. The Morgan fingerprint density at radius 2 is 2.00 bits per heavy atom. The minimum absolute atomic E-state index is 0.0614. The highest BCUT2D eigenvalue weighted by Crippen LogP contribution is 2.15. The molecular weight excluding hydrogens is 190 g/mol. The molecule has 1 aromatic carbocycles. The van der Waals surface area contributed by atoms with Gasteiger partial charge in [-0.05, 0) is 24.6 Å². The van der Waals surface area contributed by atoms with E-state index in [4.69, 9.17) is 5.11 Å². The molecule has 0 aliphatic heterocycles. The molecule has 0 radical (unpaired) electrons. The summed E-state index contributed by atoms with van der Waals surface area (Å²) in [6, 6.07) is 1.99. The highest BCUT2D eigenvalue weighted by Gasteiger charge is 2.04. The number of rotatable bonds is 2. The lowest BCUT2D eigenvalue weighted by atomic mass is 10.1. The van der Waals surface area contributed by atoms with Crippen LogP contribution in [-0.4, -0.2) is 11.1 Å². The van der Waals surface area contributed by atoms with E-state index in [0.717, 1.165) is 18.2 Å². The Balaban J connectivity index is 3.10. The lowest BCUT2D eigenvalue weighted by Gasteiger charge is -2.00. The highest BCUT2D eigenvalue weighted by molar-refractivity contribution is 5.85. The van der Waals surface area contributed by atoms with Crippen LogP contribution in [0.25, 0.3) is 6.08 Å². The molecule has 74 valence electrons. The Labute approximate surface area is 79.5 Å². The fourth-order valence-electron chi connectivity index (χ4n) is 0.968. The number of aryl methyl sites for hydroxylation is 1. The fraction of sp³-hybridized carbons (Fsp3) is 0.100. The summed E-state index contributed by atoms with van der Waals surface area (Å²) >= 11 is 0. The van der Waals surface area contributed by atoms with E-state index in [-0.39, 0.29) is 11.1 Å². The van der Waals surface area contributed by atoms with Gasteiger partial charge in [-0.3, -0.25) is 0 Å². The standard InChI is InChI=1S/C10H8F2O2/c1-6-4-7(2-3-10(13)14)9(12)5-8(6)11/h2-5H,1H3,(H,13,14)/b3-2+. The molecule has 0 saturated carbocycles. The van der Waals surface area contributed by atoms with Crippen LogP contribution in [0.4, 0.5) is 8.78 Å². The molecule has 0 bridgehead atoms. The zero-order valence-electron chi connectivity index (χ0n) is 7.42. The Hall–Kier alpha value is -1.71. The van der Waals surface area contributed by atoms with Gasteiger partial charge >= 0.3 is 5.97 Å². The minimum atomic E-state index is -1.17. The molecule has 0 saturated heterocycles. The van der Waals surface area contributed by atoms with Crippen molar-refractivity contribution in [2.75, 3.05) is 0 Å². The number of benzene rings is 1. The van der Waals surface area contributed by atoms with Gasteiger partial charge in [-0.25, -0.2) is 13.6 Å². The van der Waals surface area contributed by atoms with Crippen LogP contribution in [0.2, 0.25) is 0 Å². The van der Waals surface area contributed by atoms with Crippen LogP contribution >= 0.6 is 0 Å². The normalized spacial score (nSPS) is 10.8. The van der Waals surface area contributed by atoms with Crippen LogP contribution in [-0.2, 0) is 4.79 Å². The minimum Gasteiger partial charge on any atom is -0.478 e. The predicted octanol–water partition coefficient (Wildman–Crippen LogP) is 2.37. The van der Waals surface area contributed by atoms with Gasteiger partial charge in [-0.2, -0.15) is 0 Å². The molecule has 0 heterocycles. The molecule has 0 fully saturated rings. The van der Waals surface area contributed by atoms with Crippen LogP contribution in [0.5, 0.6) is 0 Å². The van der Waals surface area contributed by atoms with Gasteiger partial charge in [0.2, 0.25) is 0 Å². The van der Waals surface area contributed by atoms with Gasteiger partial charge in [-0.15, -0.1) is 0 Å². The van der Waals surface area contributed by atoms with Crippen LogP contribution in [0.1, 0.15) is 11.1 Å². The van der Waals surface area contributed by atoms with Crippen LogP contribution in [0.15, 0.2) is 18.2 Å². The molecule has 4 heteroatoms. The first-order chi connectivity index (χ1) is 6.50. The van der Waals surface area contributed by atoms with Crippen molar-refractivity contribution in [3.8, 4) is 0 Å². The molecule has 0 spiro atoms. The maximum Gasteiger partial charge on any atom is 0.328 e. The van der Waals surface area contributed by atoms with E-state index in [1.807, 2.05) is 0 Å². The van der Waals surface area contributed by atoms with Gasteiger partial charge < -0.3 is 5.11 Å². The second kappa shape index (κ2) is 4.00. The Morgan fingerprint density at radius 1 is 1.36 bits per heavy atom. The Bertz CT molecular complexity index is 397. The van der Waals surface area contributed by atoms with E-state index in [9.17, 15) is 13.6 Å². The second-order valence-corrected chi connectivity index (χ2v) is 2.79. The van der Waals surface area contributed by atoms with E-state index in [0.29, 0.717) is 0 Å². The van der Waals surface area contributed by atoms with Crippen molar-refractivity contribution in [1.29, 1.82) is 0 Å². The highest BCUT2D eigenvalue weighted by atomic mass is 19.1. The summed E-state index contributed by atoms with van der Waals surface area (Å²) < 4.78 is 25.8. The number of carboxylic acids is 1.